The molecule has 1 aromatic rings. The highest BCUT2D eigenvalue weighted by atomic mass is 16.2. The van der Waals surface area contributed by atoms with Crippen LogP contribution in [0.15, 0.2) is 6.20 Å². The third-order valence-electron chi connectivity index (χ3n) is 6.75. The fourth-order valence-corrected chi connectivity index (χ4v) is 5.15. The second-order valence-electron chi connectivity index (χ2n) is 8.63. The van der Waals surface area contributed by atoms with E-state index in [0.717, 1.165) is 75.8 Å². The maximum Gasteiger partial charge on any atom is 0.227 e. The largest absolute Gasteiger partial charge is 0.342 e. The van der Waals surface area contributed by atoms with Gasteiger partial charge in [-0.05, 0) is 38.5 Å². The molecule has 0 unspecified atom stereocenters. The van der Waals surface area contributed by atoms with Gasteiger partial charge in [-0.25, -0.2) is 0 Å². The first kappa shape index (κ1) is 18.5. The quantitative estimate of drug-likeness (QED) is 0.843. The van der Waals surface area contributed by atoms with Gasteiger partial charge in [-0.1, -0.05) is 32.1 Å². The smallest absolute Gasteiger partial charge is 0.227 e. The molecule has 1 saturated heterocycles. The van der Waals surface area contributed by atoms with Crippen LogP contribution in [0.4, 0.5) is 5.69 Å². The second-order valence-corrected chi connectivity index (χ2v) is 8.63. The van der Waals surface area contributed by atoms with Gasteiger partial charge in [0.05, 0.1) is 17.6 Å². The van der Waals surface area contributed by atoms with Crippen molar-refractivity contribution in [1.29, 1.82) is 0 Å². The van der Waals surface area contributed by atoms with Crippen LogP contribution in [-0.4, -0.2) is 40.0 Å². The van der Waals surface area contributed by atoms with Crippen LogP contribution < -0.4 is 5.32 Å². The molecule has 6 nitrogen and oxygen atoms in total. The lowest BCUT2D eigenvalue weighted by Gasteiger charge is -2.35. The normalized spacial score (nSPS) is 24.9. The van der Waals surface area contributed by atoms with E-state index in [1.54, 1.807) is 6.20 Å². The van der Waals surface area contributed by atoms with Crippen molar-refractivity contribution in [3.63, 3.8) is 0 Å². The lowest BCUT2D eigenvalue weighted by molar-refractivity contribution is -0.137. The molecule has 1 atom stereocenters. The summed E-state index contributed by atoms with van der Waals surface area (Å²) in [6.07, 6.45) is 13.8. The Morgan fingerprint density at radius 1 is 0.963 bits per heavy atom. The number of nitrogens with zero attached hydrogens (tertiary/aromatic N) is 2. The van der Waals surface area contributed by atoms with Crippen LogP contribution in [0.3, 0.4) is 0 Å². The van der Waals surface area contributed by atoms with Crippen molar-refractivity contribution in [2.24, 2.45) is 11.8 Å². The maximum atomic E-state index is 12.9. The number of aromatic nitrogens is 2. The zero-order valence-corrected chi connectivity index (χ0v) is 16.2. The van der Waals surface area contributed by atoms with Gasteiger partial charge in [0.25, 0.3) is 0 Å². The maximum absolute atomic E-state index is 12.9. The molecule has 0 aromatic carbocycles. The number of H-pyrrole nitrogens is 1. The van der Waals surface area contributed by atoms with E-state index >= 15 is 0 Å². The average Bonchev–Trinajstić information content (AvgIpc) is 3.40. The molecule has 0 radical (unpaired) electrons. The second kappa shape index (κ2) is 8.44. The summed E-state index contributed by atoms with van der Waals surface area (Å²) in [5.41, 5.74) is 1.80. The third-order valence-corrected chi connectivity index (χ3v) is 6.75. The third kappa shape index (κ3) is 4.19. The summed E-state index contributed by atoms with van der Waals surface area (Å²) >= 11 is 0. The van der Waals surface area contributed by atoms with Crippen LogP contribution >= 0.6 is 0 Å². The van der Waals surface area contributed by atoms with Gasteiger partial charge < -0.3 is 10.2 Å². The summed E-state index contributed by atoms with van der Waals surface area (Å²) in [5, 5.41) is 10.4. The van der Waals surface area contributed by atoms with E-state index < -0.39 is 0 Å². The summed E-state index contributed by atoms with van der Waals surface area (Å²) in [4.78, 5) is 27.5. The zero-order chi connectivity index (χ0) is 18.6. The highest BCUT2D eigenvalue weighted by molar-refractivity contribution is 5.93. The SMILES string of the molecule is O=C(Nc1cn[nH]c1[C@@H]1CCCN(C(=O)C2CCCCC2)C1)C1CCCC1. The van der Waals surface area contributed by atoms with Gasteiger partial charge >= 0.3 is 0 Å². The molecule has 0 spiro atoms. The predicted octanol–water partition coefficient (Wildman–Crippen LogP) is 3.82. The Kier molecular flexibility index (Phi) is 5.79. The van der Waals surface area contributed by atoms with Crippen LogP contribution in [0.2, 0.25) is 0 Å². The lowest BCUT2D eigenvalue weighted by Crippen LogP contribution is -2.43. The molecule has 2 heterocycles. The first-order chi connectivity index (χ1) is 13.2. The van der Waals surface area contributed by atoms with Crippen molar-refractivity contribution in [1.82, 2.24) is 15.1 Å². The minimum absolute atomic E-state index is 0.126. The molecule has 1 aliphatic heterocycles. The Bertz CT molecular complexity index is 659. The Morgan fingerprint density at radius 2 is 1.67 bits per heavy atom. The minimum Gasteiger partial charge on any atom is -0.342 e. The van der Waals surface area contributed by atoms with Crippen molar-refractivity contribution < 1.29 is 9.59 Å². The number of likely N-dealkylation sites (tertiary alicyclic amines) is 1. The molecule has 2 amide bonds. The van der Waals surface area contributed by atoms with Crippen LogP contribution in [-0.2, 0) is 9.59 Å². The minimum atomic E-state index is 0.126. The van der Waals surface area contributed by atoms with E-state index in [0.29, 0.717) is 5.91 Å². The van der Waals surface area contributed by atoms with Crippen molar-refractivity contribution in [2.45, 2.75) is 76.5 Å². The number of carbonyl (C=O) groups excluding carboxylic acids is 2. The molecule has 148 valence electrons. The number of carbonyl (C=O) groups is 2. The van der Waals surface area contributed by atoms with Gasteiger partial charge in [-0.15, -0.1) is 0 Å². The lowest BCUT2D eigenvalue weighted by atomic mass is 9.86. The highest BCUT2D eigenvalue weighted by Crippen LogP contribution is 2.34. The van der Waals surface area contributed by atoms with Crippen molar-refractivity contribution in [3.8, 4) is 0 Å². The van der Waals surface area contributed by atoms with E-state index in [1.807, 2.05) is 0 Å². The van der Waals surface area contributed by atoms with E-state index in [9.17, 15) is 9.59 Å². The monoisotopic (exact) mass is 372 g/mol. The first-order valence-electron chi connectivity index (χ1n) is 10.9. The molecule has 2 aliphatic carbocycles. The highest BCUT2D eigenvalue weighted by Gasteiger charge is 2.32. The molecule has 0 bridgehead atoms. The van der Waals surface area contributed by atoms with Gasteiger partial charge in [0.15, 0.2) is 0 Å². The average molecular weight is 373 g/mol. The summed E-state index contributed by atoms with van der Waals surface area (Å²) in [5.74, 6) is 1.06. The van der Waals surface area contributed by atoms with Gasteiger partial charge in [-0.3, -0.25) is 14.7 Å². The molecule has 2 saturated carbocycles. The van der Waals surface area contributed by atoms with Crippen LogP contribution in [0.1, 0.15) is 82.2 Å². The van der Waals surface area contributed by atoms with Gasteiger partial charge in [0, 0.05) is 30.8 Å². The fraction of sp³-hybridized carbons (Fsp3) is 0.762. The standard InChI is InChI=1S/C21H32N4O2/c26-20(15-7-4-5-8-15)23-18-13-22-24-19(18)17-11-6-12-25(14-17)21(27)16-9-2-1-3-10-16/h13,15-17H,1-12,14H2,(H,22,24)(H,23,26)/t17-/m1/s1. The molecular weight excluding hydrogens is 340 g/mol. The number of amides is 2. The van der Waals surface area contributed by atoms with Gasteiger partial charge in [-0.2, -0.15) is 5.10 Å². The Labute approximate surface area is 161 Å². The van der Waals surface area contributed by atoms with E-state index in [4.69, 9.17) is 0 Å². The summed E-state index contributed by atoms with van der Waals surface area (Å²) < 4.78 is 0. The number of hydrogen-bond acceptors (Lipinski definition) is 3. The molecule has 6 heteroatoms. The van der Waals surface area contributed by atoms with E-state index in [-0.39, 0.29) is 23.7 Å². The number of anilines is 1. The Morgan fingerprint density at radius 3 is 2.44 bits per heavy atom. The molecular formula is C21H32N4O2. The summed E-state index contributed by atoms with van der Waals surface area (Å²) in [7, 11) is 0. The predicted molar refractivity (Wildman–Crippen MR) is 104 cm³/mol. The van der Waals surface area contributed by atoms with E-state index in [1.165, 1.54) is 19.3 Å². The van der Waals surface area contributed by atoms with Crippen LogP contribution in [0.25, 0.3) is 0 Å². The number of piperidine rings is 1. The molecule has 4 rings (SSSR count). The molecule has 3 fully saturated rings. The zero-order valence-electron chi connectivity index (χ0n) is 16.2. The van der Waals surface area contributed by atoms with Crippen LogP contribution in [0, 0.1) is 11.8 Å². The number of hydrogen-bond donors (Lipinski definition) is 2. The van der Waals surface area contributed by atoms with Crippen LogP contribution in [0.5, 0.6) is 0 Å². The van der Waals surface area contributed by atoms with Crippen molar-refractivity contribution in [3.05, 3.63) is 11.9 Å². The molecule has 1 aromatic heterocycles. The Balaban J connectivity index is 1.40. The van der Waals surface area contributed by atoms with Gasteiger partial charge in [0.2, 0.25) is 11.8 Å². The topological polar surface area (TPSA) is 78.1 Å². The van der Waals surface area contributed by atoms with Gasteiger partial charge in [0.1, 0.15) is 0 Å². The van der Waals surface area contributed by atoms with Crippen molar-refractivity contribution in [2.75, 3.05) is 18.4 Å². The molecule has 3 aliphatic rings. The fourth-order valence-electron chi connectivity index (χ4n) is 5.15. The number of aromatic amines is 1. The molecule has 27 heavy (non-hydrogen) atoms. The first-order valence-corrected chi connectivity index (χ1v) is 10.9. The number of rotatable bonds is 4. The molecule has 2 N–H and O–H groups in total. The summed E-state index contributed by atoms with van der Waals surface area (Å²) in [6.45, 7) is 1.60. The Hall–Kier alpha value is -1.85. The van der Waals surface area contributed by atoms with E-state index in [2.05, 4.69) is 20.4 Å². The van der Waals surface area contributed by atoms with Crippen molar-refractivity contribution >= 4 is 17.5 Å². The summed E-state index contributed by atoms with van der Waals surface area (Å²) in [6, 6.07) is 0. The number of nitrogens with one attached hydrogen (secondary N) is 2.